The number of carbonyl (C=O) groups is 3. The SMILES string of the molecule is NC(=O)CCC1C=NC(=O)NC1=O. The predicted octanol–water partition coefficient (Wildman–Crippen LogP) is -0.811. The minimum absolute atomic E-state index is 0.109. The minimum atomic E-state index is -0.666. The van der Waals surface area contributed by atoms with Crippen LogP contribution in [0.25, 0.3) is 0 Å². The highest BCUT2D eigenvalue weighted by Crippen LogP contribution is 2.07. The van der Waals surface area contributed by atoms with Crippen molar-refractivity contribution in [1.29, 1.82) is 0 Å². The summed E-state index contributed by atoms with van der Waals surface area (Å²) in [5.41, 5.74) is 4.90. The van der Waals surface area contributed by atoms with Crippen LogP contribution in [-0.2, 0) is 9.59 Å². The Morgan fingerprint density at radius 1 is 1.62 bits per heavy atom. The summed E-state index contributed by atoms with van der Waals surface area (Å²) in [6, 6.07) is -0.666. The van der Waals surface area contributed by atoms with E-state index in [9.17, 15) is 14.4 Å². The molecule has 0 saturated heterocycles. The summed E-state index contributed by atoms with van der Waals surface area (Å²) >= 11 is 0. The van der Waals surface area contributed by atoms with Crippen LogP contribution in [0.3, 0.4) is 0 Å². The fourth-order valence-corrected chi connectivity index (χ4v) is 0.959. The Morgan fingerprint density at radius 3 is 2.85 bits per heavy atom. The number of carbonyl (C=O) groups excluding carboxylic acids is 3. The van der Waals surface area contributed by atoms with Gasteiger partial charge in [-0.1, -0.05) is 0 Å². The molecule has 1 rings (SSSR count). The van der Waals surface area contributed by atoms with Gasteiger partial charge in [0.15, 0.2) is 0 Å². The van der Waals surface area contributed by atoms with Gasteiger partial charge in [0.25, 0.3) is 0 Å². The van der Waals surface area contributed by atoms with E-state index in [1.165, 1.54) is 6.21 Å². The molecule has 6 nitrogen and oxygen atoms in total. The number of amides is 4. The highest BCUT2D eigenvalue weighted by molar-refractivity contribution is 6.09. The zero-order valence-corrected chi connectivity index (χ0v) is 6.82. The van der Waals surface area contributed by atoms with E-state index in [2.05, 4.69) is 4.99 Å². The van der Waals surface area contributed by atoms with Gasteiger partial charge in [-0.15, -0.1) is 0 Å². The van der Waals surface area contributed by atoms with Crippen LogP contribution in [-0.4, -0.2) is 24.1 Å². The molecule has 0 radical (unpaired) electrons. The van der Waals surface area contributed by atoms with E-state index in [-0.39, 0.29) is 12.8 Å². The molecule has 0 saturated carbocycles. The highest BCUT2D eigenvalue weighted by Gasteiger charge is 2.22. The van der Waals surface area contributed by atoms with Gasteiger partial charge >= 0.3 is 6.03 Å². The van der Waals surface area contributed by atoms with Crippen molar-refractivity contribution in [3.63, 3.8) is 0 Å². The smallest absolute Gasteiger partial charge is 0.347 e. The maximum Gasteiger partial charge on any atom is 0.347 e. The first-order valence-corrected chi connectivity index (χ1v) is 3.77. The van der Waals surface area contributed by atoms with Crippen molar-refractivity contribution in [2.24, 2.45) is 16.6 Å². The molecule has 6 heteroatoms. The number of hydrogen-bond donors (Lipinski definition) is 2. The lowest BCUT2D eigenvalue weighted by Gasteiger charge is -2.13. The van der Waals surface area contributed by atoms with Gasteiger partial charge in [-0.3, -0.25) is 14.9 Å². The molecular weight excluding hydrogens is 174 g/mol. The lowest BCUT2D eigenvalue weighted by Crippen LogP contribution is -2.39. The van der Waals surface area contributed by atoms with Crippen molar-refractivity contribution in [3.8, 4) is 0 Å². The third-order valence-corrected chi connectivity index (χ3v) is 1.64. The molecule has 0 aromatic rings. The molecule has 3 N–H and O–H groups in total. The molecule has 0 bridgehead atoms. The van der Waals surface area contributed by atoms with Crippen LogP contribution in [0.5, 0.6) is 0 Å². The molecule has 0 aromatic carbocycles. The maximum absolute atomic E-state index is 11.0. The van der Waals surface area contributed by atoms with Crippen LogP contribution in [0.15, 0.2) is 4.99 Å². The Hall–Kier alpha value is -1.72. The van der Waals surface area contributed by atoms with Crippen molar-refractivity contribution in [1.82, 2.24) is 5.32 Å². The standard InChI is InChI=1S/C7H9N3O3/c8-5(11)2-1-4-3-9-7(13)10-6(4)12/h3-4H,1-2H2,(H2,8,11)(H,10,12,13). The number of nitrogens with zero attached hydrogens (tertiary/aromatic N) is 1. The summed E-state index contributed by atoms with van der Waals surface area (Å²) in [5.74, 6) is -1.43. The van der Waals surface area contributed by atoms with E-state index in [4.69, 9.17) is 5.73 Å². The third kappa shape index (κ3) is 2.66. The second-order valence-corrected chi connectivity index (χ2v) is 2.68. The van der Waals surface area contributed by atoms with Crippen LogP contribution in [0.4, 0.5) is 4.79 Å². The molecule has 0 fully saturated rings. The number of urea groups is 1. The van der Waals surface area contributed by atoms with Crippen LogP contribution in [0.1, 0.15) is 12.8 Å². The molecule has 1 heterocycles. The summed E-state index contributed by atoms with van der Waals surface area (Å²) in [5, 5.41) is 2.03. The average molecular weight is 183 g/mol. The minimum Gasteiger partial charge on any atom is -0.370 e. The normalized spacial score (nSPS) is 21.4. The molecule has 70 valence electrons. The topological polar surface area (TPSA) is 102 Å². The largest absolute Gasteiger partial charge is 0.370 e. The predicted molar refractivity (Wildman–Crippen MR) is 43.9 cm³/mol. The molecule has 0 spiro atoms. The van der Waals surface area contributed by atoms with Crippen molar-refractivity contribution in [3.05, 3.63) is 0 Å². The third-order valence-electron chi connectivity index (χ3n) is 1.64. The van der Waals surface area contributed by atoms with Gasteiger partial charge in [-0.25, -0.2) is 9.79 Å². The molecule has 1 aliphatic heterocycles. The number of aliphatic imine (C=N–C) groups is 1. The number of primary amides is 1. The number of imide groups is 1. The molecule has 0 aliphatic carbocycles. The Kier molecular flexibility index (Phi) is 2.73. The van der Waals surface area contributed by atoms with Crippen LogP contribution in [0.2, 0.25) is 0 Å². The van der Waals surface area contributed by atoms with Crippen LogP contribution < -0.4 is 11.1 Å². The Bertz CT molecular complexity index is 285. The Labute approximate surface area is 74.2 Å². The summed E-state index contributed by atoms with van der Waals surface area (Å²) in [6.45, 7) is 0. The van der Waals surface area contributed by atoms with Gasteiger partial charge in [-0.05, 0) is 6.42 Å². The van der Waals surface area contributed by atoms with Crippen LogP contribution >= 0.6 is 0 Å². The maximum atomic E-state index is 11.0. The molecular formula is C7H9N3O3. The lowest BCUT2D eigenvalue weighted by molar-refractivity contribution is -0.122. The lowest BCUT2D eigenvalue weighted by atomic mass is 10.0. The van der Waals surface area contributed by atoms with Crippen molar-refractivity contribution in [2.75, 3.05) is 0 Å². The quantitative estimate of drug-likeness (QED) is 0.598. The Balaban J connectivity index is 2.51. The van der Waals surface area contributed by atoms with E-state index in [1.807, 2.05) is 5.32 Å². The van der Waals surface area contributed by atoms with Crippen molar-refractivity contribution < 1.29 is 14.4 Å². The molecule has 0 aromatic heterocycles. The second kappa shape index (κ2) is 3.79. The Morgan fingerprint density at radius 2 is 2.31 bits per heavy atom. The monoisotopic (exact) mass is 183 g/mol. The van der Waals surface area contributed by atoms with Gasteiger partial charge in [0, 0.05) is 12.6 Å². The van der Waals surface area contributed by atoms with Gasteiger partial charge in [0.05, 0.1) is 5.92 Å². The summed E-state index contributed by atoms with van der Waals surface area (Å²) in [4.78, 5) is 35.4. The van der Waals surface area contributed by atoms with E-state index in [1.54, 1.807) is 0 Å². The second-order valence-electron chi connectivity index (χ2n) is 2.68. The molecule has 1 atom stereocenters. The van der Waals surface area contributed by atoms with E-state index in [0.29, 0.717) is 0 Å². The molecule has 13 heavy (non-hydrogen) atoms. The first-order chi connectivity index (χ1) is 6.09. The number of nitrogens with one attached hydrogen (secondary N) is 1. The van der Waals surface area contributed by atoms with Gasteiger partial charge in [0.1, 0.15) is 0 Å². The molecule has 1 aliphatic rings. The number of hydrogen-bond acceptors (Lipinski definition) is 3. The van der Waals surface area contributed by atoms with Gasteiger partial charge < -0.3 is 5.73 Å². The molecule has 1 unspecified atom stereocenters. The zero-order chi connectivity index (χ0) is 9.84. The first kappa shape index (κ1) is 9.37. The molecule has 4 amide bonds. The summed E-state index contributed by atoms with van der Waals surface area (Å²) in [7, 11) is 0. The highest BCUT2D eigenvalue weighted by atomic mass is 16.2. The van der Waals surface area contributed by atoms with E-state index in [0.717, 1.165) is 0 Å². The van der Waals surface area contributed by atoms with E-state index < -0.39 is 23.8 Å². The average Bonchev–Trinajstić information content (AvgIpc) is 2.02. The van der Waals surface area contributed by atoms with Crippen LogP contribution in [0, 0.1) is 5.92 Å². The summed E-state index contributed by atoms with van der Waals surface area (Å²) in [6.07, 6.45) is 1.64. The van der Waals surface area contributed by atoms with Crippen molar-refractivity contribution in [2.45, 2.75) is 12.8 Å². The zero-order valence-electron chi connectivity index (χ0n) is 6.82. The van der Waals surface area contributed by atoms with Gasteiger partial charge in [0.2, 0.25) is 11.8 Å². The number of rotatable bonds is 3. The van der Waals surface area contributed by atoms with Gasteiger partial charge in [-0.2, -0.15) is 0 Å². The van der Waals surface area contributed by atoms with E-state index >= 15 is 0 Å². The fourth-order valence-electron chi connectivity index (χ4n) is 0.959. The number of nitrogens with two attached hydrogens (primary N) is 1. The van der Waals surface area contributed by atoms with Crippen molar-refractivity contribution >= 4 is 24.1 Å². The first-order valence-electron chi connectivity index (χ1n) is 3.77. The summed E-state index contributed by atoms with van der Waals surface area (Å²) < 4.78 is 0. The fraction of sp³-hybridized carbons (Fsp3) is 0.429.